The summed E-state index contributed by atoms with van der Waals surface area (Å²) in [6.07, 6.45) is 7.98. The van der Waals surface area contributed by atoms with Gasteiger partial charge in [-0.05, 0) is 0 Å². The van der Waals surface area contributed by atoms with E-state index in [1.807, 2.05) is 31.2 Å². The fourth-order valence-corrected chi connectivity index (χ4v) is 0.654. The van der Waals surface area contributed by atoms with Crippen LogP contribution in [-0.2, 0) is 0 Å². The van der Waals surface area contributed by atoms with Gasteiger partial charge in [-0.1, -0.05) is 31.2 Å². The van der Waals surface area contributed by atoms with Gasteiger partial charge in [0.15, 0.2) is 0 Å². The van der Waals surface area contributed by atoms with Crippen molar-refractivity contribution < 1.29 is 0 Å². The van der Waals surface area contributed by atoms with Crippen LogP contribution in [0.2, 0.25) is 0 Å². The van der Waals surface area contributed by atoms with Gasteiger partial charge in [0.2, 0.25) is 0 Å². The van der Waals surface area contributed by atoms with Crippen molar-refractivity contribution in [2.75, 3.05) is 0 Å². The van der Waals surface area contributed by atoms with E-state index in [-0.39, 0.29) is 6.04 Å². The van der Waals surface area contributed by atoms with Crippen LogP contribution in [0.4, 0.5) is 0 Å². The molecule has 1 aliphatic carbocycles. The lowest BCUT2D eigenvalue weighted by atomic mass is 9.98. The highest BCUT2D eigenvalue weighted by Crippen LogP contribution is 2.10. The normalized spacial score (nSPS) is 29.0. The van der Waals surface area contributed by atoms with Crippen molar-refractivity contribution in [3.63, 3.8) is 0 Å². The van der Waals surface area contributed by atoms with E-state index in [0.29, 0.717) is 0 Å². The molecule has 1 rings (SSSR count). The van der Waals surface area contributed by atoms with E-state index in [2.05, 4.69) is 0 Å². The van der Waals surface area contributed by atoms with Crippen molar-refractivity contribution >= 4 is 0 Å². The summed E-state index contributed by atoms with van der Waals surface area (Å²) < 4.78 is 0. The van der Waals surface area contributed by atoms with Crippen molar-refractivity contribution in [2.45, 2.75) is 13.0 Å². The highest BCUT2D eigenvalue weighted by molar-refractivity contribution is 5.28. The molecule has 0 bridgehead atoms. The lowest BCUT2D eigenvalue weighted by molar-refractivity contribution is 0.858. The van der Waals surface area contributed by atoms with Crippen LogP contribution in [0.3, 0.4) is 0 Å². The van der Waals surface area contributed by atoms with Gasteiger partial charge in [0.05, 0.1) is 0 Å². The van der Waals surface area contributed by atoms with Crippen LogP contribution in [0, 0.1) is 5.92 Å². The predicted octanol–water partition coefficient (Wildman–Crippen LogP) is 1.03. The number of allylic oxidation sites excluding steroid dienone is 2. The van der Waals surface area contributed by atoms with Crippen molar-refractivity contribution in [1.29, 1.82) is 0 Å². The van der Waals surface area contributed by atoms with Gasteiger partial charge >= 0.3 is 0 Å². The Labute approximate surface area is 49.9 Å². The summed E-state index contributed by atoms with van der Waals surface area (Å²) in [5.41, 5.74) is 5.60. The lowest BCUT2D eigenvalue weighted by Gasteiger charge is -2.13. The second-order valence-electron chi connectivity index (χ2n) is 2.01. The maximum Gasteiger partial charge on any atom is 0.0325 e. The first kappa shape index (κ1) is 5.57. The van der Waals surface area contributed by atoms with E-state index in [9.17, 15) is 0 Å². The first-order chi connectivity index (χ1) is 3.80. The lowest BCUT2D eigenvalue weighted by Crippen LogP contribution is -2.23. The van der Waals surface area contributed by atoms with Crippen molar-refractivity contribution in [1.82, 2.24) is 0 Å². The van der Waals surface area contributed by atoms with Crippen LogP contribution < -0.4 is 5.73 Å². The molecular formula is C7H10N. The van der Waals surface area contributed by atoms with Crippen LogP contribution in [0.1, 0.15) is 6.92 Å². The molecule has 8 heavy (non-hydrogen) atoms. The zero-order valence-electron chi connectivity index (χ0n) is 4.96. The van der Waals surface area contributed by atoms with E-state index >= 15 is 0 Å². The Balaban J connectivity index is 2.59. The SMILES string of the molecule is C[C]1C=CC=CC1N. The Hall–Kier alpha value is -0.560. The fourth-order valence-electron chi connectivity index (χ4n) is 0.654. The first-order valence-corrected chi connectivity index (χ1v) is 2.74. The van der Waals surface area contributed by atoms with Crippen LogP contribution in [0.15, 0.2) is 24.3 Å². The van der Waals surface area contributed by atoms with E-state index in [0.717, 1.165) is 0 Å². The summed E-state index contributed by atoms with van der Waals surface area (Å²) in [7, 11) is 0. The summed E-state index contributed by atoms with van der Waals surface area (Å²) in [4.78, 5) is 0. The van der Waals surface area contributed by atoms with Gasteiger partial charge in [0.1, 0.15) is 0 Å². The van der Waals surface area contributed by atoms with Gasteiger partial charge in [0, 0.05) is 12.0 Å². The first-order valence-electron chi connectivity index (χ1n) is 2.74. The smallest absolute Gasteiger partial charge is 0.0325 e. The maximum atomic E-state index is 5.60. The minimum absolute atomic E-state index is 0.153. The molecule has 0 spiro atoms. The zero-order valence-corrected chi connectivity index (χ0v) is 4.96. The van der Waals surface area contributed by atoms with Gasteiger partial charge in [0.25, 0.3) is 0 Å². The maximum absolute atomic E-state index is 5.60. The molecule has 0 aromatic rings. The van der Waals surface area contributed by atoms with Crippen molar-refractivity contribution in [2.24, 2.45) is 5.73 Å². The van der Waals surface area contributed by atoms with Crippen molar-refractivity contribution in [3.05, 3.63) is 30.2 Å². The van der Waals surface area contributed by atoms with Crippen LogP contribution >= 0.6 is 0 Å². The quantitative estimate of drug-likeness (QED) is 0.493. The fraction of sp³-hybridized carbons (Fsp3) is 0.286. The highest BCUT2D eigenvalue weighted by Gasteiger charge is 2.07. The van der Waals surface area contributed by atoms with E-state index < -0.39 is 0 Å². The largest absolute Gasteiger partial charge is 0.324 e. The minimum Gasteiger partial charge on any atom is -0.324 e. The summed E-state index contributed by atoms with van der Waals surface area (Å²) >= 11 is 0. The molecule has 1 unspecified atom stereocenters. The second kappa shape index (κ2) is 2.14. The minimum atomic E-state index is 0.153. The van der Waals surface area contributed by atoms with Crippen LogP contribution in [-0.4, -0.2) is 6.04 Å². The number of hydrogen-bond acceptors (Lipinski definition) is 1. The molecule has 0 amide bonds. The Morgan fingerprint density at radius 1 is 1.50 bits per heavy atom. The average molecular weight is 108 g/mol. The van der Waals surface area contributed by atoms with E-state index in [1.165, 1.54) is 5.92 Å². The molecule has 0 aromatic heterocycles. The molecule has 2 N–H and O–H groups in total. The standard InChI is InChI=1S/C7H10N/c1-6-4-2-3-5-7(6)8/h2-5,7H,8H2,1H3. The molecule has 1 nitrogen and oxygen atoms in total. The summed E-state index contributed by atoms with van der Waals surface area (Å²) in [5.74, 6) is 1.23. The third-order valence-corrected chi connectivity index (χ3v) is 1.31. The molecule has 1 aliphatic rings. The highest BCUT2D eigenvalue weighted by atomic mass is 14.6. The third kappa shape index (κ3) is 0.984. The molecule has 0 aromatic carbocycles. The van der Waals surface area contributed by atoms with Gasteiger partial charge in [-0.2, -0.15) is 0 Å². The number of nitrogens with two attached hydrogens (primary N) is 1. The van der Waals surface area contributed by atoms with Crippen LogP contribution in [0.5, 0.6) is 0 Å². The molecule has 1 heteroatoms. The van der Waals surface area contributed by atoms with Crippen LogP contribution in [0.25, 0.3) is 0 Å². The third-order valence-electron chi connectivity index (χ3n) is 1.31. The van der Waals surface area contributed by atoms with E-state index in [4.69, 9.17) is 5.73 Å². The zero-order chi connectivity index (χ0) is 5.98. The topological polar surface area (TPSA) is 26.0 Å². The Morgan fingerprint density at radius 2 is 2.25 bits per heavy atom. The Kier molecular flexibility index (Phi) is 1.49. The van der Waals surface area contributed by atoms with Gasteiger partial charge in [-0.3, -0.25) is 0 Å². The molecular weight excluding hydrogens is 98.1 g/mol. The average Bonchev–Trinajstić information content (AvgIpc) is 1.77. The van der Waals surface area contributed by atoms with Crippen molar-refractivity contribution in [3.8, 4) is 0 Å². The summed E-state index contributed by atoms with van der Waals surface area (Å²) in [6.45, 7) is 2.03. The van der Waals surface area contributed by atoms with E-state index in [1.54, 1.807) is 0 Å². The molecule has 1 radical (unpaired) electrons. The molecule has 0 heterocycles. The monoisotopic (exact) mass is 108 g/mol. The Morgan fingerprint density at radius 3 is 2.62 bits per heavy atom. The molecule has 0 fully saturated rings. The summed E-state index contributed by atoms with van der Waals surface area (Å²) in [6, 6.07) is 0.153. The summed E-state index contributed by atoms with van der Waals surface area (Å²) in [5, 5.41) is 0. The Bertz CT molecular complexity index is 108. The number of rotatable bonds is 0. The molecule has 0 saturated carbocycles. The van der Waals surface area contributed by atoms with Gasteiger partial charge in [-0.25, -0.2) is 0 Å². The second-order valence-corrected chi connectivity index (χ2v) is 2.01. The van der Waals surface area contributed by atoms with Gasteiger partial charge < -0.3 is 5.73 Å². The van der Waals surface area contributed by atoms with Gasteiger partial charge in [-0.15, -0.1) is 0 Å². The molecule has 1 atom stereocenters. The molecule has 43 valence electrons. The molecule has 0 aliphatic heterocycles. The predicted molar refractivity (Wildman–Crippen MR) is 35.2 cm³/mol. The number of hydrogen-bond donors (Lipinski definition) is 1. The molecule has 0 saturated heterocycles.